The van der Waals surface area contributed by atoms with E-state index in [1.807, 2.05) is 12.3 Å². The van der Waals surface area contributed by atoms with Gasteiger partial charge >= 0.3 is 5.97 Å². The molecule has 3 aromatic rings. The summed E-state index contributed by atoms with van der Waals surface area (Å²) in [6.07, 6.45) is 1.45. The minimum atomic E-state index is -0.959. The van der Waals surface area contributed by atoms with Crippen LogP contribution in [0.5, 0.6) is 11.6 Å². The SMILES string of the molecule is Cc1csc2c(Oc3csc(C(=O)O)c3)ncnc12. The topological polar surface area (TPSA) is 72.3 Å². The first-order valence-corrected chi connectivity index (χ1v) is 7.09. The molecule has 0 bridgehead atoms. The predicted octanol–water partition coefficient (Wildman–Crippen LogP) is 3.55. The summed E-state index contributed by atoms with van der Waals surface area (Å²) < 4.78 is 6.51. The van der Waals surface area contributed by atoms with Crippen molar-refractivity contribution in [3.63, 3.8) is 0 Å². The minimum Gasteiger partial charge on any atom is -0.477 e. The number of carboxylic acid groups (broad SMARTS) is 1. The Hall–Kier alpha value is -1.99. The van der Waals surface area contributed by atoms with E-state index >= 15 is 0 Å². The Bertz CT molecular complexity index is 763. The standard InChI is InChI=1S/C12H8N2O3S2/c1-6-3-19-10-9(6)13-5-14-11(10)17-7-2-8(12(15)16)18-4-7/h2-5H,1H3,(H,15,16). The van der Waals surface area contributed by atoms with Crippen LogP contribution < -0.4 is 4.74 Å². The number of carbonyl (C=O) groups is 1. The highest BCUT2D eigenvalue weighted by Crippen LogP contribution is 2.34. The lowest BCUT2D eigenvalue weighted by atomic mass is 10.3. The van der Waals surface area contributed by atoms with Crippen molar-refractivity contribution in [1.29, 1.82) is 0 Å². The highest BCUT2D eigenvalue weighted by molar-refractivity contribution is 7.17. The number of rotatable bonds is 3. The molecule has 0 amide bonds. The van der Waals surface area contributed by atoms with Crippen LogP contribution in [0, 0.1) is 6.92 Å². The molecule has 0 aliphatic rings. The number of ether oxygens (including phenoxy) is 1. The van der Waals surface area contributed by atoms with Gasteiger partial charge in [0.2, 0.25) is 5.88 Å². The molecule has 3 rings (SSSR count). The average Bonchev–Trinajstić information content (AvgIpc) is 2.98. The monoisotopic (exact) mass is 292 g/mol. The van der Waals surface area contributed by atoms with E-state index in [1.165, 1.54) is 23.7 Å². The second kappa shape index (κ2) is 4.60. The number of aromatic carboxylic acids is 1. The summed E-state index contributed by atoms with van der Waals surface area (Å²) in [7, 11) is 0. The zero-order chi connectivity index (χ0) is 13.4. The molecule has 0 fully saturated rings. The molecule has 96 valence electrons. The summed E-state index contributed by atoms with van der Waals surface area (Å²) in [5.41, 5.74) is 1.94. The summed E-state index contributed by atoms with van der Waals surface area (Å²) in [6.45, 7) is 1.97. The molecule has 3 heterocycles. The molecular formula is C12H8N2O3S2. The van der Waals surface area contributed by atoms with Crippen molar-refractivity contribution in [2.45, 2.75) is 6.92 Å². The number of carboxylic acids is 1. The van der Waals surface area contributed by atoms with Gasteiger partial charge in [0.1, 0.15) is 21.7 Å². The van der Waals surface area contributed by atoms with Gasteiger partial charge in [-0.2, -0.15) is 0 Å². The average molecular weight is 292 g/mol. The van der Waals surface area contributed by atoms with Gasteiger partial charge in [0.05, 0.1) is 5.52 Å². The quantitative estimate of drug-likeness (QED) is 0.799. The van der Waals surface area contributed by atoms with E-state index in [4.69, 9.17) is 9.84 Å². The normalized spacial score (nSPS) is 10.8. The molecule has 0 atom stereocenters. The Morgan fingerprint density at radius 3 is 2.89 bits per heavy atom. The van der Waals surface area contributed by atoms with E-state index in [-0.39, 0.29) is 4.88 Å². The smallest absolute Gasteiger partial charge is 0.346 e. The van der Waals surface area contributed by atoms with Gasteiger partial charge in [0.15, 0.2) is 0 Å². The van der Waals surface area contributed by atoms with Gasteiger partial charge in [-0.25, -0.2) is 14.8 Å². The lowest BCUT2D eigenvalue weighted by Crippen LogP contribution is -1.91. The zero-order valence-corrected chi connectivity index (χ0v) is 11.4. The first-order valence-electron chi connectivity index (χ1n) is 5.33. The maximum atomic E-state index is 10.8. The van der Waals surface area contributed by atoms with Crippen LogP contribution in [0.15, 0.2) is 23.2 Å². The molecule has 0 saturated carbocycles. The first-order chi connectivity index (χ1) is 9.15. The van der Waals surface area contributed by atoms with Crippen LogP contribution >= 0.6 is 22.7 Å². The Balaban J connectivity index is 1.98. The van der Waals surface area contributed by atoms with E-state index in [2.05, 4.69) is 9.97 Å². The molecule has 0 aliphatic carbocycles. The summed E-state index contributed by atoms with van der Waals surface area (Å²) in [5, 5.41) is 12.5. The van der Waals surface area contributed by atoms with Crippen molar-refractivity contribution in [1.82, 2.24) is 9.97 Å². The number of fused-ring (bicyclic) bond motifs is 1. The van der Waals surface area contributed by atoms with Crippen LogP contribution in [0.4, 0.5) is 0 Å². The summed E-state index contributed by atoms with van der Waals surface area (Å²) in [6, 6.07) is 1.49. The van der Waals surface area contributed by atoms with Crippen LogP contribution in [0.25, 0.3) is 10.2 Å². The number of hydrogen-bond acceptors (Lipinski definition) is 6. The van der Waals surface area contributed by atoms with Crippen LogP contribution in [-0.2, 0) is 0 Å². The molecule has 0 spiro atoms. The van der Waals surface area contributed by atoms with Gasteiger partial charge in [-0.3, -0.25) is 0 Å². The number of aryl methyl sites for hydroxylation is 1. The molecule has 0 unspecified atom stereocenters. The van der Waals surface area contributed by atoms with E-state index < -0.39 is 5.97 Å². The third-order valence-electron chi connectivity index (χ3n) is 2.50. The van der Waals surface area contributed by atoms with Crippen LogP contribution in [0.2, 0.25) is 0 Å². The molecule has 0 aromatic carbocycles. The minimum absolute atomic E-state index is 0.239. The molecular weight excluding hydrogens is 284 g/mol. The van der Waals surface area contributed by atoms with Crippen molar-refractivity contribution in [2.75, 3.05) is 0 Å². The van der Waals surface area contributed by atoms with E-state index in [0.29, 0.717) is 11.6 Å². The number of nitrogens with zero attached hydrogens (tertiary/aromatic N) is 2. The molecule has 1 N–H and O–H groups in total. The number of aromatic nitrogens is 2. The van der Waals surface area contributed by atoms with Crippen LogP contribution in [0.3, 0.4) is 0 Å². The third-order valence-corrected chi connectivity index (χ3v) is 4.47. The van der Waals surface area contributed by atoms with Crippen LogP contribution in [0.1, 0.15) is 15.2 Å². The van der Waals surface area contributed by atoms with Gasteiger partial charge in [0.25, 0.3) is 0 Å². The van der Waals surface area contributed by atoms with Gasteiger partial charge < -0.3 is 9.84 Å². The van der Waals surface area contributed by atoms with Gasteiger partial charge in [-0.05, 0) is 17.9 Å². The largest absolute Gasteiger partial charge is 0.477 e. The lowest BCUT2D eigenvalue weighted by Gasteiger charge is -2.02. The van der Waals surface area contributed by atoms with Crippen molar-refractivity contribution >= 4 is 38.9 Å². The molecule has 3 aromatic heterocycles. The van der Waals surface area contributed by atoms with E-state index in [9.17, 15) is 4.79 Å². The highest BCUT2D eigenvalue weighted by Gasteiger charge is 2.12. The summed E-state index contributed by atoms with van der Waals surface area (Å²) in [5.74, 6) is -0.0223. The fourth-order valence-electron chi connectivity index (χ4n) is 1.62. The molecule has 5 nitrogen and oxygen atoms in total. The maximum absolute atomic E-state index is 10.8. The fraction of sp³-hybridized carbons (Fsp3) is 0.0833. The van der Waals surface area contributed by atoms with Crippen molar-refractivity contribution in [3.8, 4) is 11.6 Å². The highest BCUT2D eigenvalue weighted by atomic mass is 32.1. The van der Waals surface area contributed by atoms with E-state index in [0.717, 1.165) is 27.1 Å². The second-order valence-corrected chi connectivity index (χ2v) is 5.62. The third kappa shape index (κ3) is 2.18. The predicted molar refractivity (Wildman–Crippen MR) is 73.5 cm³/mol. The maximum Gasteiger partial charge on any atom is 0.346 e. The first kappa shape index (κ1) is 12.1. The van der Waals surface area contributed by atoms with Crippen molar-refractivity contribution < 1.29 is 14.6 Å². The Morgan fingerprint density at radius 1 is 1.32 bits per heavy atom. The Labute approximate surface area is 116 Å². The molecule has 7 heteroatoms. The summed E-state index contributed by atoms with van der Waals surface area (Å²) >= 11 is 2.63. The van der Waals surface area contributed by atoms with Crippen molar-refractivity contribution in [3.05, 3.63) is 33.6 Å². The van der Waals surface area contributed by atoms with Gasteiger partial charge in [-0.15, -0.1) is 22.7 Å². The zero-order valence-electron chi connectivity index (χ0n) is 9.78. The molecule has 0 saturated heterocycles. The number of thiophene rings is 2. The van der Waals surface area contributed by atoms with Crippen LogP contribution in [-0.4, -0.2) is 21.0 Å². The number of hydrogen-bond donors (Lipinski definition) is 1. The fourth-order valence-corrected chi connectivity index (χ4v) is 3.19. The van der Waals surface area contributed by atoms with Crippen molar-refractivity contribution in [2.24, 2.45) is 0 Å². The molecule has 19 heavy (non-hydrogen) atoms. The molecule has 0 aliphatic heterocycles. The van der Waals surface area contributed by atoms with Gasteiger partial charge in [-0.1, -0.05) is 0 Å². The molecule has 0 radical (unpaired) electrons. The van der Waals surface area contributed by atoms with E-state index in [1.54, 1.807) is 5.38 Å². The Morgan fingerprint density at radius 2 is 2.16 bits per heavy atom. The van der Waals surface area contributed by atoms with Gasteiger partial charge in [0, 0.05) is 11.4 Å². The lowest BCUT2D eigenvalue weighted by molar-refractivity contribution is 0.0702. The Kier molecular flexibility index (Phi) is 2.92. The summed E-state index contributed by atoms with van der Waals surface area (Å²) in [4.78, 5) is 19.4. The second-order valence-electron chi connectivity index (χ2n) is 3.83.